The number of carbonyl (C=O) groups is 1. The molecule has 1 amide bonds. The number of hydrazone groups is 1. The van der Waals surface area contributed by atoms with E-state index in [1.165, 1.54) is 12.5 Å². The third-order valence-electron chi connectivity index (χ3n) is 2.02. The van der Waals surface area contributed by atoms with Gasteiger partial charge in [-0.1, -0.05) is 6.07 Å². The Hall–Kier alpha value is -2.43. The summed E-state index contributed by atoms with van der Waals surface area (Å²) in [5.74, 6) is -0.168. The lowest BCUT2D eigenvalue weighted by Gasteiger charge is -1.96. The van der Waals surface area contributed by atoms with Crippen molar-refractivity contribution in [1.29, 1.82) is 0 Å². The molecule has 2 aromatic rings. The van der Waals surface area contributed by atoms with Crippen molar-refractivity contribution in [3.63, 3.8) is 0 Å². The van der Waals surface area contributed by atoms with E-state index in [4.69, 9.17) is 4.42 Å². The van der Waals surface area contributed by atoms with Gasteiger partial charge in [-0.2, -0.15) is 5.10 Å². The molecule has 0 saturated carbocycles. The monoisotopic (exact) mass is 229 g/mol. The minimum atomic E-state index is -0.390. The van der Waals surface area contributed by atoms with Gasteiger partial charge >= 0.3 is 5.91 Å². The maximum absolute atomic E-state index is 11.4. The molecule has 0 spiro atoms. The van der Waals surface area contributed by atoms with E-state index >= 15 is 0 Å². The molecule has 0 aromatic carbocycles. The molecule has 0 atom stereocenters. The Labute approximate surface area is 98.2 Å². The highest BCUT2D eigenvalue weighted by molar-refractivity contribution is 5.92. The van der Waals surface area contributed by atoms with Gasteiger partial charge in [0.1, 0.15) is 0 Å². The van der Waals surface area contributed by atoms with Gasteiger partial charge in [-0.05, 0) is 31.2 Å². The Kier molecular flexibility index (Phi) is 3.30. The highest BCUT2D eigenvalue weighted by atomic mass is 16.3. The molecule has 17 heavy (non-hydrogen) atoms. The number of nitrogens with one attached hydrogen (secondary N) is 1. The van der Waals surface area contributed by atoms with Gasteiger partial charge < -0.3 is 4.42 Å². The van der Waals surface area contributed by atoms with Crippen LogP contribution in [0.1, 0.15) is 21.9 Å². The van der Waals surface area contributed by atoms with E-state index in [-0.39, 0.29) is 11.7 Å². The predicted molar refractivity (Wildman–Crippen MR) is 62.7 cm³/mol. The summed E-state index contributed by atoms with van der Waals surface area (Å²) >= 11 is 0. The van der Waals surface area contributed by atoms with Gasteiger partial charge in [0.05, 0.1) is 18.2 Å². The fourth-order valence-corrected chi connectivity index (χ4v) is 1.26. The molecule has 0 aliphatic carbocycles. The maximum Gasteiger partial charge on any atom is 0.307 e. The van der Waals surface area contributed by atoms with Crippen molar-refractivity contribution in [3.05, 3.63) is 53.7 Å². The smallest absolute Gasteiger partial charge is 0.307 e. The quantitative estimate of drug-likeness (QED) is 0.644. The summed E-state index contributed by atoms with van der Waals surface area (Å²) in [5.41, 5.74) is 3.93. The number of carbonyl (C=O) groups excluding carboxylic acids is 1. The molecule has 0 unspecified atom stereocenters. The first-order valence-corrected chi connectivity index (χ1v) is 5.06. The van der Waals surface area contributed by atoms with E-state index in [9.17, 15) is 4.79 Å². The Morgan fingerprint density at radius 1 is 1.41 bits per heavy atom. The second kappa shape index (κ2) is 5.07. The normalized spacial score (nSPS) is 10.6. The van der Waals surface area contributed by atoms with Crippen LogP contribution >= 0.6 is 0 Å². The molecule has 2 rings (SSSR count). The molecule has 0 bridgehead atoms. The SMILES string of the molecule is Cc1cccc(/C=N\NC(=O)c2ccco2)n1. The summed E-state index contributed by atoms with van der Waals surface area (Å²) in [6.07, 6.45) is 2.91. The standard InChI is InChI=1S/C12H11N3O2/c1-9-4-2-5-10(14-9)8-13-15-12(16)11-6-3-7-17-11/h2-8H,1H3,(H,15,16)/b13-8-. The van der Waals surface area contributed by atoms with E-state index in [1.807, 2.05) is 19.1 Å². The van der Waals surface area contributed by atoms with Crippen LogP contribution in [0.4, 0.5) is 0 Å². The van der Waals surface area contributed by atoms with Gasteiger partial charge in [-0.15, -0.1) is 0 Å². The number of rotatable bonds is 3. The van der Waals surface area contributed by atoms with Crippen molar-refractivity contribution in [2.45, 2.75) is 6.92 Å². The zero-order chi connectivity index (χ0) is 12.1. The number of nitrogens with zero attached hydrogens (tertiary/aromatic N) is 2. The van der Waals surface area contributed by atoms with Crippen molar-refractivity contribution in [3.8, 4) is 0 Å². The zero-order valence-electron chi connectivity index (χ0n) is 9.25. The molecule has 5 heteroatoms. The molecule has 2 heterocycles. The molecule has 2 aromatic heterocycles. The minimum Gasteiger partial charge on any atom is -0.459 e. The summed E-state index contributed by atoms with van der Waals surface area (Å²) in [7, 11) is 0. The van der Waals surface area contributed by atoms with Crippen LogP contribution in [0.2, 0.25) is 0 Å². The van der Waals surface area contributed by atoms with E-state index < -0.39 is 0 Å². The van der Waals surface area contributed by atoms with E-state index in [0.717, 1.165) is 5.69 Å². The number of amides is 1. The number of furan rings is 1. The van der Waals surface area contributed by atoms with Crippen LogP contribution in [0.25, 0.3) is 0 Å². The van der Waals surface area contributed by atoms with Crippen LogP contribution in [0.5, 0.6) is 0 Å². The molecule has 0 aliphatic rings. The lowest BCUT2D eigenvalue weighted by Crippen LogP contribution is -2.16. The summed E-state index contributed by atoms with van der Waals surface area (Å²) in [6.45, 7) is 1.89. The van der Waals surface area contributed by atoms with E-state index in [0.29, 0.717) is 5.69 Å². The van der Waals surface area contributed by atoms with Crippen LogP contribution < -0.4 is 5.43 Å². The minimum absolute atomic E-state index is 0.222. The summed E-state index contributed by atoms with van der Waals surface area (Å²) < 4.78 is 4.92. The number of aromatic nitrogens is 1. The van der Waals surface area contributed by atoms with Crippen LogP contribution in [-0.4, -0.2) is 17.1 Å². The predicted octanol–water partition coefficient (Wildman–Crippen LogP) is 1.75. The molecule has 5 nitrogen and oxygen atoms in total. The van der Waals surface area contributed by atoms with Gasteiger partial charge in [0.2, 0.25) is 0 Å². The summed E-state index contributed by atoms with van der Waals surface area (Å²) in [4.78, 5) is 15.6. The largest absolute Gasteiger partial charge is 0.459 e. The highest BCUT2D eigenvalue weighted by Crippen LogP contribution is 1.99. The second-order valence-electron chi connectivity index (χ2n) is 3.38. The Morgan fingerprint density at radius 2 is 2.29 bits per heavy atom. The lowest BCUT2D eigenvalue weighted by atomic mass is 10.3. The Bertz CT molecular complexity index is 532. The Balaban J connectivity index is 1.96. The molecular weight excluding hydrogens is 218 g/mol. The van der Waals surface area contributed by atoms with E-state index in [1.54, 1.807) is 18.2 Å². The van der Waals surface area contributed by atoms with Crippen molar-refractivity contribution in [2.24, 2.45) is 5.10 Å². The molecule has 0 radical (unpaired) electrons. The van der Waals surface area contributed by atoms with Crippen LogP contribution in [0.3, 0.4) is 0 Å². The van der Waals surface area contributed by atoms with Crippen LogP contribution in [0, 0.1) is 6.92 Å². The van der Waals surface area contributed by atoms with Crippen molar-refractivity contribution < 1.29 is 9.21 Å². The number of hydrogen-bond acceptors (Lipinski definition) is 4. The second-order valence-corrected chi connectivity index (χ2v) is 3.38. The van der Waals surface area contributed by atoms with Gasteiger partial charge in [0.15, 0.2) is 5.76 Å². The molecular formula is C12H11N3O2. The molecule has 86 valence electrons. The van der Waals surface area contributed by atoms with Gasteiger partial charge in [0.25, 0.3) is 0 Å². The number of pyridine rings is 1. The summed E-state index contributed by atoms with van der Waals surface area (Å²) in [5, 5.41) is 3.79. The fourth-order valence-electron chi connectivity index (χ4n) is 1.26. The first-order chi connectivity index (χ1) is 8.25. The average molecular weight is 229 g/mol. The average Bonchev–Trinajstić information content (AvgIpc) is 2.82. The topological polar surface area (TPSA) is 67.5 Å². The first-order valence-electron chi connectivity index (χ1n) is 5.06. The van der Waals surface area contributed by atoms with Crippen LogP contribution in [0.15, 0.2) is 46.1 Å². The van der Waals surface area contributed by atoms with E-state index in [2.05, 4.69) is 15.5 Å². The van der Waals surface area contributed by atoms with Crippen LogP contribution in [-0.2, 0) is 0 Å². The molecule has 0 fully saturated rings. The van der Waals surface area contributed by atoms with Crippen molar-refractivity contribution in [1.82, 2.24) is 10.4 Å². The number of aryl methyl sites for hydroxylation is 1. The maximum atomic E-state index is 11.4. The third-order valence-corrected chi connectivity index (χ3v) is 2.02. The highest BCUT2D eigenvalue weighted by Gasteiger charge is 2.05. The molecule has 0 aliphatic heterocycles. The van der Waals surface area contributed by atoms with Gasteiger partial charge in [0, 0.05) is 5.69 Å². The fraction of sp³-hybridized carbons (Fsp3) is 0.0833. The van der Waals surface area contributed by atoms with Gasteiger partial charge in [-0.25, -0.2) is 5.43 Å². The summed E-state index contributed by atoms with van der Waals surface area (Å²) in [6, 6.07) is 8.77. The zero-order valence-corrected chi connectivity index (χ0v) is 9.25. The third kappa shape index (κ3) is 3.01. The molecule has 0 saturated heterocycles. The Morgan fingerprint density at radius 3 is 3.00 bits per heavy atom. The number of hydrogen-bond donors (Lipinski definition) is 1. The van der Waals surface area contributed by atoms with Gasteiger partial charge in [-0.3, -0.25) is 9.78 Å². The lowest BCUT2D eigenvalue weighted by molar-refractivity contribution is 0.0927. The van der Waals surface area contributed by atoms with Crippen molar-refractivity contribution >= 4 is 12.1 Å². The molecule has 1 N–H and O–H groups in total. The first kappa shape index (κ1) is 11.1. The van der Waals surface area contributed by atoms with Crippen molar-refractivity contribution in [2.75, 3.05) is 0 Å².